The number of carbonyl (C=O) groups excluding carboxylic acids is 1. The number of rotatable bonds is 3. The summed E-state index contributed by atoms with van der Waals surface area (Å²) in [5, 5.41) is 5.49. The summed E-state index contributed by atoms with van der Waals surface area (Å²) >= 11 is 0. The van der Waals surface area contributed by atoms with E-state index >= 15 is 0 Å². The van der Waals surface area contributed by atoms with Crippen LogP contribution >= 0.6 is 0 Å². The van der Waals surface area contributed by atoms with Gasteiger partial charge in [0.2, 0.25) is 0 Å². The lowest BCUT2D eigenvalue weighted by Crippen LogP contribution is -2.49. The largest absolute Gasteiger partial charge is 0.493 e. The van der Waals surface area contributed by atoms with Crippen molar-refractivity contribution >= 4 is 11.8 Å². The van der Waals surface area contributed by atoms with Crippen molar-refractivity contribution in [3.63, 3.8) is 0 Å². The summed E-state index contributed by atoms with van der Waals surface area (Å²) < 4.78 is 38.6. The third-order valence-corrected chi connectivity index (χ3v) is 8.13. The number of alkyl halides is 3. The Morgan fingerprint density at radius 2 is 1.60 bits per heavy atom. The Morgan fingerprint density at radius 1 is 1.00 bits per heavy atom. The molecule has 5 fully saturated rings. The number of nitrogens with zero attached hydrogens (tertiary/aromatic N) is 3. The maximum absolute atomic E-state index is 12.9. The van der Waals surface area contributed by atoms with Gasteiger partial charge in [0.05, 0.1) is 0 Å². The van der Waals surface area contributed by atoms with E-state index in [0.717, 1.165) is 73.8 Å². The van der Waals surface area contributed by atoms with Crippen molar-refractivity contribution in [2.45, 2.75) is 95.8 Å². The quantitative estimate of drug-likeness (QED) is 0.619. The van der Waals surface area contributed by atoms with Crippen LogP contribution < -0.4 is 0 Å². The third-order valence-electron chi connectivity index (χ3n) is 8.13. The van der Waals surface area contributed by atoms with Crippen molar-refractivity contribution in [1.29, 1.82) is 0 Å². The van der Waals surface area contributed by atoms with E-state index in [1.165, 1.54) is 38.5 Å². The van der Waals surface area contributed by atoms with Crippen LogP contribution in [0.1, 0.15) is 83.5 Å². The van der Waals surface area contributed by atoms with Gasteiger partial charge in [0.15, 0.2) is 6.17 Å². The molecule has 5 nitrogen and oxygen atoms in total. The van der Waals surface area contributed by atoms with E-state index in [4.69, 9.17) is 4.84 Å². The van der Waals surface area contributed by atoms with Crippen molar-refractivity contribution in [3.8, 4) is 0 Å². The molecule has 1 atom stereocenters. The zero-order valence-electron chi connectivity index (χ0n) is 17.5. The molecule has 0 aromatic rings. The lowest BCUT2D eigenvalue weighted by Gasteiger charge is -2.57. The summed E-state index contributed by atoms with van der Waals surface area (Å²) in [7, 11) is 0. The van der Waals surface area contributed by atoms with Crippen LogP contribution in [0.2, 0.25) is 0 Å². The van der Waals surface area contributed by atoms with Crippen LogP contribution in [0.4, 0.5) is 13.2 Å². The van der Waals surface area contributed by atoms with Crippen LogP contribution in [0.5, 0.6) is 0 Å². The minimum absolute atomic E-state index is 0.237. The average Bonchev–Trinajstić information content (AvgIpc) is 3.00. The number of amidine groups is 1. The van der Waals surface area contributed by atoms with Crippen LogP contribution in [-0.2, 0) is 9.63 Å². The molecule has 1 unspecified atom stereocenters. The Kier molecular flexibility index (Phi) is 5.17. The molecule has 0 N–H and O–H groups in total. The monoisotopic (exact) mass is 427 g/mol. The second kappa shape index (κ2) is 7.59. The Labute approximate surface area is 175 Å². The van der Waals surface area contributed by atoms with Gasteiger partial charge in [-0.25, -0.2) is 4.79 Å². The van der Waals surface area contributed by atoms with E-state index in [1.807, 2.05) is 0 Å². The van der Waals surface area contributed by atoms with Gasteiger partial charge in [-0.2, -0.15) is 13.2 Å². The van der Waals surface area contributed by atoms with E-state index in [9.17, 15) is 18.0 Å². The highest BCUT2D eigenvalue weighted by molar-refractivity contribution is 5.84. The molecular weight excluding hydrogens is 395 g/mol. The molecule has 0 aromatic heterocycles. The summed E-state index contributed by atoms with van der Waals surface area (Å²) in [6.07, 6.45) is 9.01. The highest BCUT2D eigenvalue weighted by atomic mass is 19.4. The van der Waals surface area contributed by atoms with Crippen molar-refractivity contribution in [3.05, 3.63) is 0 Å². The lowest BCUT2D eigenvalue weighted by molar-refractivity contribution is -0.250. The fourth-order valence-corrected chi connectivity index (χ4v) is 7.41. The molecule has 168 valence electrons. The summed E-state index contributed by atoms with van der Waals surface area (Å²) in [4.78, 5) is 18.5. The van der Waals surface area contributed by atoms with Gasteiger partial charge in [0.1, 0.15) is 5.84 Å². The molecule has 6 aliphatic rings. The van der Waals surface area contributed by atoms with Crippen LogP contribution in [0.25, 0.3) is 0 Å². The number of hydroxylamine groups is 1. The zero-order valence-corrected chi connectivity index (χ0v) is 17.5. The van der Waals surface area contributed by atoms with E-state index in [-0.39, 0.29) is 5.41 Å². The van der Waals surface area contributed by atoms with Gasteiger partial charge in [-0.1, -0.05) is 24.4 Å². The number of hydrazone groups is 1. The van der Waals surface area contributed by atoms with Crippen molar-refractivity contribution < 1.29 is 22.8 Å². The first kappa shape index (κ1) is 20.4. The van der Waals surface area contributed by atoms with Gasteiger partial charge in [0.25, 0.3) is 0 Å². The van der Waals surface area contributed by atoms with Gasteiger partial charge >= 0.3 is 12.1 Å². The van der Waals surface area contributed by atoms with Crippen LogP contribution in [0.3, 0.4) is 0 Å². The zero-order chi connectivity index (χ0) is 20.9. The third kappa shape index (κ3) is 3.91. The first-order chi connectivity index (χ1) is 14.3. The SMILES string of the molecule is O=C(ON1N=C(CC23CC4CC(CC(C4)C2)C3)N2CCCCCCCC12)C(F)(F)F. The number of hydrogen-bond donors (Lipinski definition) is 0. The van der Waals surface area contributed by atoms with Gasteiger partial charge in [-0.05, 0) is 81.0 Å². The Bertz CT molecular complexity index is 673. The Hall–Kier alpha value is -1.47. The predicted molar refractivity (Wildman–Crippen MR) is 105 cm³/mol. The maximum atomic E-state index is 12.9. The molecule has 0 aromatic carbocycles. The molecule has 2 heterocycles. The van der Waals surface area contributed by atoms with Gasteiger partial charge in [0, 0.05) is 13.0 Å². The number of carbonyl (C=O) groups is 1. The Balaban J connectivity index is 1.38. The molecule has 8 heteroatoms. The first-order valence-electron chi connectivity index (χ1n) is 11.7. The topological polar surface area (TPSA) is 45.1 Å². The number of fused-ring (bicyclic) bond motifs is 1. The fraction of sp³-hybridized carbons (Fsp3) is 0.909. The highest BCUT2D eigenvalue weighted by Gasteiger charge is 2.53. The smallest absolute Gasteiger partial charge is 0.334 e. The molecule has 4 aliphatic carbocycles. The number of hydrogen-bond acceptors (Lipinski definition) is 5. The summed E-state index contributed by atoms with van der Waals surface area (Å²) in [5.74, 6) is 1.09. The molecule has 0 spiro atoms. The first-order valence-corrected chi connectivity index (χ1v) is 11.7. The summed E-state index contributed by atoms with van der Waals surface area (Å²) in [6, 6.07) is 0. The lowest BCUT2D eigenvalue weighted by atomic mass is 9.49. The average molecular weight is 428 g/mol. The molecule has 4 bridgehead atoms. The fourth-order valence-electron chi connectivity index (χ4n) is 7.41. The van der Waals surface area contributed by atoms with E-state index in [2.05, 4.69) is 10.0 Å². The normalized spacial score (nSPS) is 38.6. The van der Waals surface area contributed by atoms with Crippen molar-refractivity contribution in [2.75, 3.05) is 6.54 Å². The predicted octanol–water partition coefficient (Wildman–Crippen LogP) is 5.22. The van der Waals surface area contributed by atoms with Crippen molar-refractivity contribution in [2.24, 2.45) is 28.3 Å². The van der Waals surface area contributed by atoms with Crippen LogP contribution in [0.15, 0.2) is 5.10 Å². The molecule has 2 aliphatic heterocycles. The highest BCUT2D eigenvalue weighted by Crippen LogP contribution is 2.61. The number of halogens is 3. The molecule has 4 saturated carbocycles. The molecule has 0 amide bonds. The van der Waals surface area contributed by atoms with Crippen LogP contribution in [-0.4, -0.2) is 40.8 Å². The second-order valence-corrected chi connectivity index (χ2v) is 10.5. The van der Waals surface area contributed by atoms with E-state index in [1.54, 1.807) is 0 Å². The summed E-state index contributed by atoms with van der Waals surface area (Å²) in [6.45, 7) is 0.774. The van der Waals surface area contributed by atoms with Crippen molar-refractivity contribution in [1.82, 2.24) is 10.1 Å². The standard InChI is InChI=1S/C22H32F3N3O2/c23-22(24,25)20(29)30-28-19-6-4-2-1-3-5-7-27(19)18(26-28)14-21-11-15-8-16(12-21)10-17(9-15)13-21/h15-17,19H,1-14H2. The van der Waals surface area contributed by atoms with E-state index in [0.29, 0.717) is 6.42 Å². The second-order valence-electron chi connectivity index (χ2n) is 10.5. The maximum Gasteiger partial charge on any atom is 0.493 e. The van der Waals surface area contributed by atoms with Gasteiger partial charge < -0.3 is 9.74 Å². The molecule has 6 rings (SSSR count). The van der Waals surface area contributed by atoms with E-state index < -0.39 is 18.3 Å². The molecule has 0 radical (unpaired) electrons. The summed E-state index contributed by atoms with van der Waals surface area (Å²) in [5.41, 5.74) is 0.237. The van der Waals surface area contributed by atoms with Gasteiger partial charge in [-0.15, -0.1) is 5.10 Å². The molecule has 30 heavy (non-hydrogen) atoms. The molecule has 1 saturated heterocycles. The van der Waals surface area contributed by atoms with Gasteiger partial charge in [-0.3, -0.25) is 0 Å². The molecular formula is C22H32F3N3O2. The minimum Gasteiger partial charge on any atom is -0.334 e. The Morgan fingerprint density at radius 3 is 2.23 bits per heavy atom. The minimum atomic E-state index is -5.01. The van der Waals surface area contributed by atoms with Crippen LogP contribution in [0, 0.1) is 23.2 Å².